The number of halogens is 1. The monoisotopic (exact) mass is 334 g/mol. The lowest BCUT2D eigenvalue weighted by Crippen LogP contribution is -2.40. The fraction of sp³-hybridized carbons (Fsp3) is 0.571. The summed E-state index contributed by atoms with van der Waals surface area (Å²) in [4.78, 5) is 0.281. The summed E-state index contributed by atoms with van der Waals surface area (Å²) in [5, 5.41) is 0. The van der Waals surface area contributed by atoms with Crippen LogP contribution in [-0.4, -0.2) is 27.6 Å². The van der Waals surface area contributed by atoms with Gasteiger partial charge in [-0.2, -0.15) is 0 Å². The molecule has 0 saturated carbocycles. The van der Waals surface area contributed by atoms with Crippen molar-refractivity contribution in [2.45, 2.75) is 37.6 Å². The lowest BCUT2D eigenvalue weighted by atomic mass is 10.1. The Morgan fingerprint density at radius 2 is 2.10 bits per heavy atom. The summed E-state index contributed by atoms with van der Waals surface area (Å²) in [5.74, 6) is 1.17. The molecular weight excluding hydrogens is 312 g/mol. The van der Waals surface area contributed by atoms with Crippen LogP contribution in [0.4, 0.5) is 0 Å². The van der Waals surface area contributed by atoms with Crippen LogP contribution in [0.2, 0.25) is 0 Å². The molecule has 2 rings (SSSR count). The minimum absolute atomic E-state index is 0. The number of nitrogens with one attached hydrogen (secondary N) is 1. The molecule has 7 heteroatoms. The third-order valence-electron chi connectivity index (χ3n) is 3.33. The van der Waals surface area contributed by atoms with Gasteiger partial charge in [0.2, 0.25) is 10.0 Å². The molecule has 1 unspecified atom stereocenters. The normalized spacial score (nSPS) is 15.2. The Hall–Kier alpha value is -0.820. The van der Waals surface area contributed by atoms with E-state index in [0.717, 1.165) is 24.2 Å². The van der Waals surface area contributed by atoms with Crippen LogP contribution in [0.3, 0.4) is 0 Å². The van der Waals surface area contributed by atoms with Crippen LogP contribution in [0.25, 0.3) is 0 Å². The number of sulfonamides is 1. The number of hydrogen-bond donors (Lipinski definition) is 2. The first-order chi connectivity index (χ1) is 9.42. The Balaban J connectivity index is 0.00000220. The maximum atomic E-state index is 12.4. The molecule has 0 aliphatic carbocycles. The van der Waals surface area contributed by atoms with Crippen LogP contribution in [-0.2, 0) is 16.4 Å². The molecule has 5 nitrogen and oxygen atoms in total. The third kappa shape index (κ3) is 4.57. The van der Waals surface area contributed by atoms with Crippen LogP contribution in [0, 0.1) is 5.92 Å². The number of ether oxygens (including phenoxy) is 1. The second kappa shape index (κ2) is 7.45. The fourth-order valence-electron chi connectivity index (χ4n) is 2.38. The maximum absolute atomic E-state index is 12.4. The zero-order valence-electron chi connectivity index (χ0n) is 12.3. The Bertz CT molecular complexity index is 576. The van der Waals surface area contributed by atoms with E-state index in [1.807, 2.05) is 13.8 Å². The predicted octanol–water partition coefficient (Wildman–Crippen LogP) is 1.69. The van der Waals surface area contributed by atoms with Gasteiger partial charge < -0.3 is 10.5 Å². The van der Waals surface area contributed by atoms with Gasteiger partial charge in [0.1, 0.15) is 5.75 Å². The molecule has 1 aromatic rings. The van der Waals surface area contributed by atoms with Crippen molar-refractivity contribution in [2.24, 2.45) is 11.7 Å². The smallest absolute Gasteiger partial charge is 0.240 e. The molecule has 1 heterocycles. The third-order valence-corrected chi connectivity index (χ3v) is 4.85. The largest absolute Gasteiger partial charge is 0.493 e. The molecule has 1 aliphatic rings. The fourth-order valence-corrected chi connectivity index (χ4v) is 3.69. The Labute approximate surface area is 132 Å². The van der Waals surface area contributed by atoms with E-state index in [9.17, 15) is 8.42 Å². The highest BCUT2D eigenvalue weighted by Gasteiger charge is 2.22. The number of fused-ring (bicyclic) bond motifs is 1. The van der Waals surface area contributed by atoms with E-state index in [4.69, 9.17) is 10.5 Å². The minimum atomic E-state index is -3.52. The molecule has 120 valence electrons. The summed E-state index contributed by atoms with van der Waals surface area (Å²) in [6.45, 7) is 5.00. The lowest BCUT2D eigenvalue weighted by Gasteiger charge is -2.19. The highest BCUT2D eigenvalue weighted by Crippen LogP contribution is 2.27. The summed E-state index contributed by atoms with van der Waals surface area (Å²) in [7, 11) is -3.52. The lowest BCUT2D eigenvalue weighted by molar-refractivity contribution is 0.356. The number of benzene rings is 1. The van der Waals surface area contributed by atoms with Gasteiger partial charge in [0.25, 0.3) is 0 Å². The van der Waals surface area contributed by atoms with Crippen molar-refractivity contribution in [3.05, 3.63) is 23.8 Å². The van der Waals surface area contributed by atoms with Gasteiger partial charge in [-0.25, -0.2) is 13.1 Å². The molecule has 0 spiro atoms. The van der Waals surface area contributed by atoms with Crippen molar-refractivity contribution >= 4 is 22.4 Å². The summed E-state index contributed by atoms with van der Waals surface area (Å²) >= 11 is 0. The van der Waals surface area contributed by atoms with Gasteiger partial charge >= 0.3 is 0 Å². The molecule has 0 fully saturated rings. The van der Waals surface area contributed by atoms with Gasteiger partial charge in [-0.3, -0.25) is 0 Å². The van der Waals surface area contributed by atoms with E-state index >= 15 is 0 Å². The summed E-state index contributed by atoms with van der Waals surface area (Å²) < 4.78 is 32.8. The number of rotatable bonds is 6. The first-order valence-corrected chi connectivity index (χ1v) is 8.39. The van der Waals surface area contributed by atoms with E-state index in [1.165, 1.54) is 0 Å². The molecule has 1 aliphatic heterocycles. The van der Waals surface area contributed by atoms with Crippen molar-refractivity contribution in [3.63, 3.8) is 0 Å². The Kier molecular flexibility index (Phi) is 6.46. The maximum Gasteiger partial charge on any atom is 0.240 e. The number of hydrogen-bond acceptors (Lipinski definition) is 4. The van der Waals surface area contributed by atoms with Crippen LogP contribution >= 0.6 is 12.4 Å². The van der Waals surface area contributed by atoms with Crippen LogP contribution < -0.4 is 15.2 Å². The summed E-state index contributed by atoms with van der Waals surface area (Å²) in [6, 6.07) is 4.75. The van der Waals surface area contributed by atoms with Crippen LogP contribution in [0.5, 0.6) is 5.75 Å². The molecule has 0 amide bonds. The SMILES string of the molecule is CC(C)CC(CN)NS(=O)(=O)c1ccc2c(c1)CCO2.Cl. The Morgan fingerprint density at radius 1 is 1.38 bits per heavy atom. The van der Waals surface area contributed by atoms with Crippen molar-refractivity contribution < 1.29 is 13.2 Å². The summed E-state index contributed by atoms with van der Waals surface area (Å²) in [6.07, 6.45) is 1.48. The van der Waals surface area contributed by atoms with Crippen molar-refractivity contribution in [1.82, 2.24) is 4.72 Å². The topological polar surface area (TPSA) is 81.4 Å². The highest BCUT2D eigenvalue weighted by molar-refractivity contribution is 7.89. The van der Waals surface area contributed by atoms with E-state index in [-0.39, 0.29) is 23.3 Å². The predicted molar refractivity (Wildman–Crippen MR) is 85.5 cm³/mol. The van der Waals surface area contributed by atoms with Gasteiger partial charge in [-0.15, -0.1) is 12.4 Å². The van der Waals surface area contributed by atoms with Crippen LogP contribution in [0.1, 0.15) is 25.8 Å². The molecule has 21 heavy (non-hydrogen) atoms. The van der Waals surface area contributed by atoms with Gasteiger partial charge in [0.05, 0.1) is 11.5 Å². The molecule has 0 radical (unpaired) electrons. The number of nitrogens with two attached hydrogens (primary N) is 1. The zero-order valence-corrected chi connectivity index (χ0v) is 14.0. The molecule has 0 aromatic heterocycles. The van der Waals surface area contributed by atoms with Crippen molar-refractivity contribution in [1.29, 1.82) is 0 Å². The molecule has 1 atom stereocenters. The average molecular weight is 335 g/mol. The molecule has 0 bridgehead atoms. The van der Waals surface area contributed by atoms with E-state index < -0.39 is 10.0 Å². The second-order valence-electron chi connectivity index (χ2n) is 5.55. The quantitative estimate of drug-likeness (QED) is 0.829. The van der Waals surface area contributed by atoms with E-state index in [1.54, 1.807) is 18.2 Å². The average Bonchev–Trinajstić information content (AvgIpc) is 2.84. The molecule has 3 N–H and O–H groups in total. The van der Waals surface area contributed by atoms with Gasteiger partial charge in [-0.1, -0.05) is 13.8 Å². The Morgan fingerprint density at radius 3 is 2.71 bits per heavy atom. The van der Waals surface area contributed by atoms with Crippen molar-refractivity contribution in [2.75, 3.05) is 13.2 Å². The highest BCUT2D eigenvalue weighted by atomic mass is 35.5. The van der Waals surface area contributed by atoms with Gasteiger partial charge in [-0.05, 0) is 36.1 Å². The van der Waals surface area contributed by atoms with Gasteiger partial charge in [0, 0.05) is 19.0 Å². The first-order valence-electron chi connectivity index (χ1n) is 6.90. The molecule has 1 aromatic carbocycles. The standard InChI is InChI=1S/C14H22N2O3S.ClH/c1-10(2)7-12(9-15)16-20(17,18)13-3-4-14-11(8-13)5-6-19-14;/h3-4,8,10,12,16H,5-7,9,15H2,1-2H3;1H. The summed E-state index contributed by atoms with van der Waals surface area (Å²) in [5.41, 5.74) is 6.59. The first kappa shape index (κ1) is 18.2. The second-order valence-corrected chi connectivity index (χ2v) is 7.27. The molecule has 0 saturated heterocycles. The molecular formula is C14H23ClN2O3S. The zero-order chi connectivity index (χ0) is 14.8. The van der Waals surface area contributed by atoms with E-state index in [0.29, 0.717) is 19.1 Å². The minimum Gasteiger partial charge on any atom is -0.493 e. The van der Waals surface area contributed by atoms with Crippen LogP contribution in [0.15, 0.2) is 23.1 Å². The van der Waals surface area contributed by atoms with Crippen molar-refractivity contribution in [3.8, 4) is 5.75 Å². The van der Waals surface area contributed by atoms with Gasteiger partial charge in [0.15, 0.2) is 0 Å². The van der Waals surface area contributed by atoms with E-state index in [2.05, 4.69) is 4.72 Å².